The van der Waals surface area contributed by atoms with E-state index in [4.69, 9.17) is 10.5 Å². The summed E-state index contributed by atoms with van der Waals surface area (Å²) >= 11 is 3.40. The third kappa shape index (κ3) is 2.38. The van der Waals surface area contributed by atoms with Gasteiger partial charge in [0.25, 0.3) is 5.91 Å². The number of hydrogen-bond donors (Lipinski definition) is 2. The van der Waals surface area contributed by atoms with Gasteiger partial charge in [0.1, 0.15) is 0 Å². The van der Waals surface area contributed by atoms with E-state index in [0.29, 0.717) is 11.5 Å². The van der Waals surface area contributed by atoms with E-state index < -0.39 is 0 Å². The highest BCUT2D eigenvalue weighted by atomic mass is 79.9. The summed E-state index contributed by atoms with van der Waals surface area (Å²) in [6, 6.07) is 5.65. The van der Waals surface area contributed by atoms with Crippen LogP contribution in [0.1, 0.15) is 28.8 Å². The van der Waals surface area contributed by atoms with Gasteiger partial charge >= 0.3 is 0 Å². The molecule has 1 aliphatic heterocycles. The van der Waals surface area contributed by atoms with Crippen molar-refractivity contribution in [2.24, 2.45) is 11.7 Å². The highest BCUT2D eigenvalue weighted by molar-refractivity contribution is 9.10. The van der Waals surface area contributed by atoms with Crippen molar-refractivity contribution in [2.75, 3.05) is 6.61 Å². The van der Waals surface area contributed by atoms with E-state index in [9.17, 15) is 4.79 Å². The number of halogens is 1. The lowest BCUT2D eigenvalue weighted by atomic mass is 9.68. The molecule has 1 aliphatic carbocycles. The molecule has 1 aromatic carbocycles. The molecule has 108 valence electrons. The summed E-state index contributed by atoms with van der Waals surface area (Å²) in [4.78, 5) is 12.4. The highest BCUT2D eigenvalue weighted by Gasteiger charge is 2.51. The average molecular weight is 339 g/mol. The third-order valence-corrected chi connectivity index (χ3v) is 4.91. The zero-order chi connectivity index (χ0) is 14.3. The SMILES string of the molecule is Cc1ccc(Br)cc1C(=O)NC1C(N)C2CCCOC21. The van der Waals surface area contributed by atoms with Gasteiger partial charge in [-0.3, -0.25) is 4.79 Å². The molecule has 0 aromatic heterocycles. The van der Waals surface area contributed by atoms with Crippen LogP contribution in [0.15, 0.2) is 22.7 Å². The van der Waals surface area contributed by atoms with Crippen LogP contribution in [0.5, 0.6) is 0 Å². The lowest BCUT2D eigenvalue weighted by Crippen LogP contribution is -2.72. The summed E-state index contributed by atoms with van der Waals surface area (Å²) in [7, 11) is 0. The maximum absolute atomic E-state index is 12.4. The van der Waals surface area contributed by atoms with Gasteiger partial charge in [-0.2, -0.15) is 0 Å². The molecule has 0 spiro atoms. The first kappa shape index (κ1) is 14.0. The summed E-state index contributed by atoms with van der Waals surface area (Å²) in [5.74, 6) is 0.328. The first-order valence-electron chi connectivity index (χ1n) is 7.02. The maximum atomic E-state index is 12.4. The van der Waals surface area contributed by atoms with Gasteiger partial charge in [0, 0.05) is 28.6 Å². The highest BCUT2D eigenvalue weighted by Crippen LogP contribution is 2.37. The fourth-order valence-electron chi connectivity index (χ4n) is 3.19. The molecular formula is C15H19BrN2O2. The molecule has 5 heteroatoms. The summed E-state index contributed by atoms with van der Waals surface area (Å²) in [6.45, 7) is 2.71. The van der Waals surface area contributed by atoms with Crippen LogP contribution in [0.3, 0.4) is 0 Å². The van der Waals surface area contributed by atoms with Crippen LogP contribution in [0.2, 0.25) is 0 Å². The normalized spacial score (nSPS) is 32.1. The number of benzene rings is 1. The Balaban J connectivity index is 1.71. The van der Waals surface area contributed by atoms with E-state index in [1.165, 1.54) is 0 Å². The second-order valence-electron chi connectivity index (χ2n) is 5.68. The van der Waals surface area contributed by atoms with E-state index in [0.717, 1.165) is 29.5 Å². The summed E-state index contributed by atoms with van der Waals surface area (Å²) in [5.41, 5.74) is 7.81. The van der Waals surface area contributed by atoms with Crippen molar-refractivity contribution >= 4 is 21.8 Å². The molecule has 3 N–H and O–H groups in total. The maximum Gasteiger partial charge on any atom is 0.251 e. The number of ether oxygens (including phenoxy) is 1. The van der Waals surface area contributed by atoms with Gasteiger partial charge in [-0.05, 0) is 37.5 Å². The number of nitrogens with one attached hydrogen (secondary N) is 1. The van der Waals surface area contributed by atoms with Gasteiger partial charge in [-0.1, -0.05) is 22.0 Å². The molecule has 1 saturated heterocycles. The Morgan fingerprint density at radius 1 is 1.50 bits per heavy atom. The minimum Gasteiger partial charge on any atom is -0.376 e. The van der Waals surface area contributed by atoms with Gasteiger partial charge in [-0.25, -0.2) is 0 Å². The van der Waals surface area contributed by atoms with Gasteiger partial charge in [0.05, 0.1) is 12.1 Å². The molecular weight excluding hydrogens is 320 g/mol. The minimum atomic E-state index is -0.0723. The van der Waals surface area contributed by atoms with Crippen LogP contribution in [0, 0.1) is 12.8 Å². The number of rotatable bonds is 2. The van der Waals surface area contributed by atoms with E-state index in [-0.39, 0.29) is 24.1 Å². The Morgan fingerprint density at radius 2 is 2.30 bits per heavy atom. The average Bonchev–Trinajstić information content (AvgIpc) is 2.46. The number of aryl methyl sites for hydroxylation is 1. The van der Waals surface area contributed by atoms with Crippen LogP contribution in [0.25, 0.3) is 0 Å². The second-order valence-corrected chi connectivity index (χ2v) is 6.59. The van der Waals surface area contributed by atoms with Crippen LogP contribution in [-0.2, 0) is 4.74 Å². The molecule has 20 heavy (non-hydrogen) atoms. The van der Waals surface area contributed by atoms with Crippen LogP contribution in [-0.4, -0.2) is 30.7 Å². The number of carbonyl (C=O) groups excluding carboxylic acids is 1. The molecule has 0 radical (unpaired) electrons. The lowest BCUT2D eigenvalue weighted by molar-refractivity contribution is -0.117. The van der Waals surface area contributed by atoms with Crippen molar-refractivity contribution in [1.82, 2.24) is 5.32 Å². The van der Waals surface area contributed by atoms with Crippen molar-refractivity contribution in [3.05, 3.63) is 33.8 Å². The van der Waals surface area contributed by atoms with Crippen LogP contribution in [0.4, 0.5) is 0 Å². The van der Waals surface area contributed by atoms with Crippen LogP contribution >= 0.6 is 15.9 Å². The standard InChI is InChI=1S/C15H19BrN2O2/c1-8-4-5-9(16)7-11(8)15(19)18-13-12(17)10-3-2-6-20-14(10)13/h4-5,7,10,12-14H,2-3,6,17H2,1H3,(H,18,19). The zero-order valence-electron chi connectivity index (χ0n) is 11.4. The van der Waals surface area contributed by atoms with Crippen molar-refractivity contribution in [3.63, 3.8) is 0 Å². The van der Waals surface area contributed by atoms with Gasteiger partial charge < -0.3 is 15.8 Å². The number of amides is 1. The molecule has 2 fully saturated rings. The molecule has 1 saturated carbocycles. The van der Waals surface area contributed by atoms with E-state index in [1.54, 1.807) is 0 Å². The predicted molar refractivity (Wildman–Crippen MR) is 80.6 cm³/mol. The predicted octanol–water partition coefficient (Wildman–Crippen LogP) is 1.99. The largest absolute Gasteiger partial charge is 0.376 e. The Hall–Kier alpha value is -0.910. The Bertz CT molecular complexity index is 535. The molecule has 4 nitrogen and oxygen atoms in total. The van der Waals surface area contributed by atoms with Crippen molar-refractivity contribution in [1.29, 1.82) is 0 Å². The van der Waals surface area contributed by atoms with Crippen molar-refractivity contribution < 1.29 is 9.53 Å². The third-order valence-electron chi connectivity index (χ3n) is 4.42. The van der Waals surface area contributed by atoms with Crippen molar-refractivity contribution in [3.8, 4) is 0 Å². The summed E-state index contributed by atoms with van der Waals surface area (Å²) in [6.07, 6.45) is 2.27. The van der Waals surface area contributed by atoms with Crippen molar-refractivity contribution in [2.45, 2.75) is 38.0 Å². The first-order valence-corrected chi connectivity index (χ1v) is 7.81. The molecule has 4 unspecified atom stereocenters. The Kier molecular flexibility index (Phi) is 3.84. The minimum absolute atomic E-state index is 0.0108. The van der Waals surface area contributed by atoms with Gasteiger partial charge in [0.2, 0.25) is 0 Å². The zero-order valence-corrected chi connectivity index (χ0v) is 13.0. The number of hydrogen-bond acceptors (Lipinski definition) is 3. The Labute approximate surface area is 127 Å². The van der Waals surface area contributed by atoms with E-state index in [1.807, 2.05) is 25.1 Å². The quantitative estimate of drug-likeness (QED) is 0.866. The lowest BCUT2D eigenvalue weighted by Gasteiger charge is -2.52. The molecule has 4 atom stereocenters. The summed E-state index contributed by atoms with van der Waals surface area (Å²) < 4.78 is 6.65. The fraction of sp³-hybridized carbons (Fsp3) is 0.533. The molecule has 0 bridgehead atoms. The molecule has 1 amide bonds. The monoisotopic (exact) mass is 338 g/mol. The van der Waals surface area contributed by atoms with E-state index >= 15 is 0 Å². The van der Waals surface area contributed by atoms with Crippen LogP contribution < -0.4 is 11.1 Å². The molecule has 2 aliphatic rings. The summed E-state index contributed by atoms with van der Waals surface area (Å²) in [5, 5.41) is 3.04. The molecule has 1 aromatic rings. The Morgan fingerprint density at radius 3 is 3.10 bits per heavy atom. The molecule has 1 heterocycles. The van der Waals surface area contributed by atoms with Gasteiger partial charge in [0.15, 0.2) is 0 Å². The number of fused-ring (bicyclic) bond motifs is 1. The smallest absolute Gasteiger partial charge is 0.251 e. The first-order chi connectivity index (χ1) is 9.58. The number of nitrogens with two attached hydrogens (primary N) is 1. The molecule has 3 rings (SSSR count). The second kappa shape index (κ2) is 5.47. The fourth-order valence-corrected chi connectivity index (χ4v) is 3.56. The van der Waals surface area contributed by atoms with E-state index in [2.05, 4.69) is 21.2 Å². The topological polar surface area (TPSA) is 64.4 Å². The number of carbonyl (C=O) groups is 1. The van der Waals surface area contributed by atoms with Gasteiger partial charge in [-0.15, -0.1) is 0 Å².